The summed E-state index contributed by atoms with van der Waals surface area (Å²) in [5, 5.41) is 11.4. The van der Waals surface area contributed by atoms with Crippen LogP contribution in [0.2, 0.25) is 0 Å². The van der Waals surface area contributed by atoms with Crippen LogP contribution < -0.4 is 10.1 Å². The smallest absolute Gasteiger partial charge is 0.317 e. The van der Waals surface area contributed by atoms with E-state index in [0.29, 0.717) is 18.9 Å². The van der Waals surface area contributed by atoms with Crippen molar-refractivity contribution in [1.82, 2.24) is 10.2 Å². The largest absolute Gasteiger partial charge is 0.497 e. The lowest BCUT2D eigenvalue weighted by atomic mass is 9.90. The van der Waals surface area contributed by atoms with E-state index in [0.717, 1.165) is 38.1 Å². The molecule has 0 spiro atoms. The quantitative estimate of drug-likeness (QED) is 0.751. The van der Waals surface area contributed by atoms with Gasteiger partial charge in [-0.2, -0.15) is 0 Å². The number of methoxy groups -OCH3 is 1. The third kappa shape index (κ3) is 5.76. The lowest BCUT2D eigenvalue weighted by Crippen LogP contribution is -2.45. The number of carbonyl (C=O) groups excluding carboxylic acids is 1. The molecule has 132 valence electrons. The van der Waals surface area contributed by atoms with Crippen molar-refractivity contribution < 1.29 is 19.4 Å². The van der Waals surface area contributed by atoms with E-state index >= 15 is 0 Å². The van der Waals surface area contributed by atoms with Crippen LogP contribution in [0.15, 0.2) is 24.3 Å². The summed E-state index contributed by atoms with van der Waals surface area (Å²) in [6.07, 6.45) is 3.57. The summed E-state index contributed by atoms with van der Waals surface area (Å²) in [5.41, 5.74) is 1.30. The molecule has 0 atom stereocenters. The highest BCUT2D eigenvalue weighted by atomic mass is 16.5. The minimum Gasteiger partial charge on any atom is -0.497 e. The number of hydrogen-bond donors (Lipinski definition) is 2. The predicted octanol–water partition coefficient (Wildman–Crippen LogP) is 2.52. The van der Waals surface area contributed by atoms with Gasteiger partial charge in [-0.1, -0.05) is 12.1 Å². The highest BCUT2D eigenvalue weighted by Crippen LogP contribution is 2.23. The Hall–Kier alpha value is -2.24. The molecule has 24 heavy (non-hydrogen) atoms. The molecule has 6 heteroatoms. The Morgan fingerprint density at radius 2 is 1.92 bits per heavy atom. The Bertz CT molecular complexity index is 536. The second-order valence-electron chi connectivity index (χ2n) is 6.21. The minimum atomic E-state index is -0.830. The maximum Gasteiger partial charge on any atom is 0.317 e. The molecular weight excluding hydrogens is 308 g/mol. The van der Waals surface area contributed by atoms with Crippen molar-refractivity contribution in [1.29, 1.82) is 0 Å². The lowest BCUT2D eigenvalue weighted by molar-refractivity contribution is -0.137. The number of amides is 2. The zero-order valence-electron chi connectivity index (χ0n) is 14.2. The Morgan fingerprint density at radius 3 is 2.50 bits per heavy atom. The number of piperidine rings is 1. The number of ether oxygens (including phenoxy) is 1. The average molecular weight is 334 g/mol. The maximum atomic E-state index is 12.0. The Balaban J connectivity index is 1.68. The van der Waals surface area contributed by atoms with Crippen LogP contribution >= 0.6 is 0 Å². The van der Waals surface area contributed by atoms with E-state index in [-0.39, 0.29) is 12.5 Å². The molecule has 2 N–H and O–H groups in total. The fraction of sp³-hybridized carbons (Fsp3) is 0.556. The molecule has 1 aliphatic heterocycles. The molecule has 1 aliphatic rings. The molecule has 1 aromatic rings. The summed E-state index contributed by atoms with van der Waals surface area (Å²) in [4.78, 5) is 24.3. The number of rotatable bonds is 7. The van der Waals surface area contributed by atoms with Crippen LogP contribution in [0, 0.1) is 5.92 Å². The number of carboxylic acids is 1. The number of carboxylic acid groups (broad SMARTS) is 1. The Morgan fingerprint density at radius 1 is 1.25 bits per heavy atom. The third-order valence-corrected chi connectivity index (χ3v) is 4.43. The molecule has 1 heterocycles. The zero-order chi connectivity index (χ0) is 17.4. The third-order valence-electron chi connectivity index (χ3n) is 4.43. The van der Waals surface area contributed by atoms with Crippen LogP contribution in [0.1, 0.15) is 31.2 Å². The topological polar surface area (TPSA) is 78.9 Å². The van der Waals surface area contributed by atoms with Crippen LogP contribution in [0.4, 0.5) is 4.79 Å². The van der Waals surface area contributed by atoms with Crippen molar-refractivity contribution >= 4 is 12.0 Å². The van der Waals surface area contributed by atoms with E-state index in [9.17, 15) is 9.59 Å². The second kappa shape index (κ2) is 9.15. The molecule has 1 aromatic carbocycles. The standard InChI is InChI=1S/C18H26N2O4/c1-24-16-6-4-14(5-7-16)13-15-8-11-20(12-9-15)18(23)19-10-2-3-17(21)22/h4-7,15H,2-3,8-13H2,1H3,(H,19,23)(H,21,22). The van der Waals surface area contributed by atoms with Crippen LogP contribution in [-0.4, -0.2) is 48.8 Å². The van der Waals surface area contributed by atoms with Gasteiger partial charge < -0.3 is 20.1 Å². The number of urea groups is 1. The van der Waals surface area contributed by atoms with Crippen molar-refractivity contribution in [2.45, 2.75) is 32.1 Å². The summed E-state index contributed by atoms with van der Waals surface area (Å²) in [5.74, 6) is 0.631. The summed E-state index contributed by atoms with van der Waals surface area (Å²) in [6, 6.07) is 8.08. The molecule has 1 fully saturated rings. The highest BCUT2D eigenvalue weighted by molar-refractivity contribution is 5.74. The number of nitrogens with zero attached hydrogens (tertiary/aromatic N) is 1. The van der Waals surface area contributed by atoms with Crippen LogP contribution in [0.25, 0.3) is 0 Å². The van der Waals surface area contributed by atoms with Gasteiger partial charge in [0.25, 0.3) is 0 Å². The van der Waals surface area contributed by atoms with Gasteiger partial charge in [-0.05, 0) is 49.3 Å². The van der Waals surface area contributed by atoms with Crippen molar-refractivity contribution in [3.63, 3.8) is 0 Å². The van der Waals surface area contributed by atoms with E-state index < -0.39 is 5.97 Å². The van der Waals surface area contributed by atoms with Crippen molar-refractivity contribution in [2.75, 3.05) is 26.7 Å². The van der Waals surface area contributed by atoms with Gasteiger partial charge in [-0.15, -0.1) is 0 Å². The van der Waals surface area contributed by atoms with Gasteiger partial charge in [0.2, 0.25) is 0 Å². The molecule has 0 radical (unpaired) electrons. The first-order valence-electron chi connectivity index (χ1n) is 8.46. The van der Waals surface area contributed by atoms with Crippen LogP contribution in [-0.2, 0) is 11.2 Å². The Kier molecular flexibility index (Phi) is 6.90. The van der Waals surface area contributed by atoms with Crippen LogP contribution in [0.5, 0.6) is 5.75 Å². The summed E-state index contributed by atoms with van der Waals surface area (Å²) in [6.45, 7) is 1.92. The molecular formula is C18H26N2O4. The molecule has 6 nitrogen and oxygen atoms in total. The molecule has 2 rings (SSSR count). The first kappa shape index (κ1) is 18.1. The van der Waals surface area contributed by atoms with Crippen LogP contribution in [0.3, 0.4) is 0 Å². The Labute approximate surface area is 142 Å². The van der Waals surface area contributed by atoms with E-state index in [2.05, 4.69) is 17.4 Å². The van der Waals surface area contributed by atoms with Gasteiger partial charge in [-0.3, -0.25) is 4.79 Å². The SMILES string of the molecule is COc1ccc(CC2CCN(C(=O)NCCCC(=O)O)CC2)cc1. The van der Waals surface area contributed by atoms with Crippen molar-refractivity contribution in [2.24, 2.45) is 5.92 Å². The van der Waals surface area contributed by atoms with E-state index in [1.54, 1.807) is 7.11 Å². The number of carbonyl (C=O) groups is 2. The van der Waals surface area contributed by atoms with Crippen molar-refractivity contribution in [3.05, 3.63) is 29.8 Å². The molecule has 0 unspecified atom stereocenters. The zero-order valence-corrected chi connectivity index (χ0v) is 14.2. The second-order valence-corrected chi connectivity index (χ2v) is 6.21. The minimum absolute atomic E-state index is 0.0803. The van der Waals surface area contributed by atoms with E-state index in [1.807, 2.05) is 17.0 Å². The predicted molar refractivity (Wildman–Crippen MR) is 91.3 cm³/mol. The van der Waals surface area contributed by atoms with Crippen molar-refractivity contribution in [3.8, 4) is 5.75 Å². The molecule has 0 bridgehead atoms. The van der Waals surface area contributed by atoms with Gasteiger partial charge >= 0.3 is 12.0 Å². The fourth-order valence-corrected chi connectivity index (χ4v) is 2.98. The maximum absolute atomic E-state index is 12.0. The molecule has 1 saturated heterocycles. The van der Waals surface area contributed by atoms with Gasteiger partial charge in [0.05, 0.1) is 7.11 Å². The summed E-state index contributed by atoms with van der Waals surface area (Å²) < 4.78 is 5.17. The van der Waals surface area contributed by atoms with E-state index in [1.165, 1.54) is 5.56 Å². The van der Waals surface area contributed by atoms with Gasteiger partial charge in [-0.25, -0.2) is 4.79 Å². The highest BCUT2D eigenvalue weighted by Gasteiger charge is 2.22. The molecule has 0 aromatic heterocycles. The molecule has 0 aliphatic carbocycles. The number of likely N-dealkylation sites (tertiary alicyclic amines) is 1. The summed E-state index contributed by atoms with van der Waals surface area (Å²) >= 11 is 0. The number of benzene rings is 1. The number of hydrogen-bond acceptors (Lipinski definition) is 3. The summed E-state index contributed by atoms with van der Waals surface area (Å²) in [7, 11) is 1.66. The fourth-order valence-electron chi connectivity index (χ4n) is 2.98. The lowest BCUT2D eigenvalue weighted by Gasteiger charge is -2.32. The molecule has 0 saturated carbocycles. The monoisotopic (exact) mass is 334 g/mol. The van der Waals surface area contributed by atoms with Gasteiger partial charge in [0.1, 0.15) is 5.75 Å². The first-order chi connectivity index (χ1) is 11.6. The molecule has 2 amide bonds. The number of nitrogens with one attached hydrogen (secondary N) is 1. The van der Waals surface area contributed by atoms with Gasteiger partial charge in [0, 0.05) is 26.1 Å². The van der Waals surface area contributed by atoms with E-state index in [4.69, 9.17) is 9.84 Å². The normalized spacial score (nSPS) is 15.1. The average Bonchev–Trinajstić information content (AvgIpc) is 2.59. The number of aliphatic carboxylic acids is 1. The van der Waals surface area contributed by atoms with Gasteiger partial charge in [0.15, 0.2) is 0 Å². The first-order valence-corrected chi connectivity index (χ1v) is 8.46.